The van der Waals surface area contributed by atoms with Crippen molar-refractivity contribution in [2.24, 2.45) is 0 Å². The Labute approximate surface area is 318 Å². The predicted molar refractivity (Wildman–Crippen MR) is 215 cm³/mol. The number of aromatic amines is 1. The molecule has 4 aromatic rings. The molecule has 0 amide bonds. The fraction of sp³-hybridized carbons (Fsp3) is 0.275. The zero-order valence-electron chi connectivity index (χ0n) is 28.9. The number of aldehydes is 1. The Kier molecular flexibility index (Phi) is 11.4. The lowest BCUT2D eigenvalue weighted by atomic mass is 9.92. The predicted octanol–water partition coefficient (Wildman–Crippen LogP) is 9.39. The molecule has 2 heterocycles. The number of hydrogen-bond acceptors (Lipinski definition) is 9. The lowest BCUT2D eigenvalue weighted by molar-refractivity contribution is -0.431. The first kappa shape index (κ1) is 36.0. The summed E-state index contributed by atoms with van der Waals surface area (Å²) < 4.78 is 6.72. The van der Waals surface area contributed by atoms with E-state index in [0.29, 0.717) is 17.0 Å². The van der Waals surface area contributed by atoms with Crippen LogP contribution in [0.15, 0.2) is 113 Å². The van der Waals surface area contributed by atoms with Crippen molar-refractivity contribution in [3.63, 3.8) is 0 Å². The number of halogens is 1. The topological polar surface area (TPSA) is 107 Å². The number of aromatic nitrogens is 1. The highest BCUT2D eigenvalue weighted by molar-refractivity contribution is 8.01. The van der Waals surface area contributed by atoms with Gasteiger partial charge in [-0.25, -0.2) is 4.72 Å². The van der Waals surface area contributed by atoms with Gasteiger partial charge < -0.3 is 19.5 Å². The summed E-state index contributed by atoms with van der Waals surface area (Å²) in [6.07, 6.45) is 10.7. The first-order valence-corrected chi connectivity index (χ1v) is 19.6. The monoisotopic (exact) mass is 752 g/mol. The summed E-state index contributed by atoms with van der Waals surface area (Å²) in [7, 11) is 0. The molecule has 1 aliphatic heterocycles. The molecular weight excluding hydrogens is 712 g/mol. The number of H-pyrrole nitrogens is 1. The number of nitrogens with zero attached hydrogens (tertiary/aromatic N) is 3. The normalized spacial score (nSPS) is 19.1. The molecule has 12 heteroatoms. The van der Waals surface area contributed by atoms with Crippen LogP contribution in [0, 0.1) is 17.0 Å². The van der Waals surface area contributed by atoms with Gasteiger partial charge >= 0.3 is 0 Å². The van der Waals surface area contributed by atoms with Gasteiger partial charge in [-0.3, -0.25) is 14.9 Å². The van der Waals surface area contributed by atoms with Gasteiger partial charge in [0.2, 0.25) is 0 Å². The van der Waals surface area contributed by atoms with E-state index >= 15 is 0 Å². The molecule has 0 bridgehead atoms. The number of piperazine rings is 1. The lowest BCUT2D eigenvalue weighted by Crippen LogP contribution is -2.46. The van der Waals surface area contributed by atoms with Crippen LogP contribution in [0.2, 0.25) is 5.02 Å². The third-order valence-corrected chi connectivity index (χ3v) is 12.0. The summed E-state index contributed by atoms with van der Waals surface area (Å²) in [6, 6.07) is 25.7. The van der Waals surface area contributed by atoms with Crippen molar-refractivity contribution in [2.75, 3.05) is 35.8 Å². The highest BCUT2D eigenvalue weighted by Gasteiger charge is 2.32. The van der Waals surface area contributed by atoms with Crippen LogP contribution in [-0.4, -0.2) is 58.6 Å². The molecule has 7 rings (SSSR count). The van der Waals surface area contributed by atoms with Crippen LogP contribution in [0.3, 0.4) is 0 Å². The summed E-state index contributed by atoms with van der Waals surface area (Å²) in [5.74, 6) is 0. The highest BCUT2D eigenvalue weighted by Crippen LogP contribution is 2.38. The number of benzene rings is 3. The SMILES string of the molecule is Cc1[nH]c(-c2ccc(Cl)cc2)c(C2=CCCC(N3CCN(c4ccc(NSC5C=C([N+](=O)[O-])C(NSc6ccccc6)CC5)cc4)CC3)=C2)c1C=O. The Bertz CT molecular complexity index is 1990. The summed E-state index contributed by atoms with van der Waals surface area (Å²) in [4.78, 5) is 33.3. The number of nitro groups is 1. The summed E-state index contributed by atoms with van der Waals surface area (Å²) >= 11 is 9.13. The second-order valence-corrected chi connectivity index (χ2v) is 15.6. The van der Waals surface area contributed by atoms with Gasteiger partial charge in [-0.05, 0) is 122 Å². The quantitative estimate of drug-likeness (QED) is 0.0565. The van der Waals surface area contributed by atoms with Gasteiger partial charge in [0, 0.05) is 81.3 Å². The number of nitrogens with one attached hydrogen (secondary N) is 3. The standard InChI is InChI=1S/C40H41ClN6O3S2/c1-27-36(26-48)39(40(42-27)28-10-12-30(41)13-11-28)29-6-5-7-33(24-29)46-22-20-45(21-23-46)32-16-14-31(15-17-32)43-52-35-18-19-37(38(25-35)47(49)50)44-51-34-8-3-2-4-9-34/h2-4,6,8-17,24-26,35,37,42-44H,5,7,18-23H2,1H3. The number of allylic oxidation sites excluding steroid dienone is 4. The van der Waals surface area contributed by atoms with E-state index in [1.165, 1.54) is 35.3 Å². The number of anilines is 2. The Hall–Kier alpha value is -4.42. The van der Waals surface area contributed by atoms with E-state index < -0.39 is 0 Å². The molecule has 3 N–H and O–H groups in total. The van der Waals surface area contributed by atoms with Crippen LogP contribution in [0.5, 0.6) is 0 Å². The minimum Gasteiger partial charge on any atom is -0.371 e. The van der Waals surface area contributed by atoms with E-state index in [0.717, 1.165) is 90.4 Å². The van der Waals surface area contributed by atoms with Crippen molar-refractivity contribution in [1.82, 2.24) is 14.6 Å². The highest BCUT2D eigenvalue weighted by atomic mass is 35.5. The van der Waals surface area contributed by atoms with E-state index in [9.17, 15) is 14.9 Å². The number of hydrogen-bond donors (Lipinski definition) is 3. The fourth-order valence-electron chi connectivity index (χ4n) is 7.06. The first-order valence-electron chi connectivity index (χ1n) is 17.6. The Morgan fingerprint density at radius 3 is 2.40 bits per heavy atom. The Morgan fingerprint density at radius 2 is 1.69 bits per heavy atom. The average molecular weight is 753 g/mol. The van der Waals surface area contributed by atoms with Gasteiger partial charge in [-0.2, -0.15) is 0 Å². The van der Waals surface area contributed by atoms with Crippen LogP contribution in [-0.2, 0) is 0 Å². The molecule has 1 saturated heterocycles. The van der Waals surface area contributed by atoms with Crippen LogP contribution >= 0.6 is 35.5 Å². The molecule has 1 fully saturated rings. The van der Waals surface area contributed by atoms with Crippen molar-refractivity contribution in [3.05, 3.63) is 140 Å². The largest absolute Gasteiger partial charge is 0.371 e. The van der Waals surface area contributed by atoms with Gasteiger partial charge in [0.15, 0.2) is 6.29 Å². The third kappa shape index (κ3) is 8.28. The molecule has 1 aromatic heterocycles. The first-order chi connectivity index (χ1) is 25.4. The minimum absolute atomic E-state index is 0.00713. The lowest BCUT2D eigenvalue weighted by Gasteiger charge is -2.39. The second kappa shape index (κ2) is 16.5. The summed E-state index contributed by atoms with van der Waals surface area (Å²) in [6.45, 7) is 5.59. The van der Waals surface area contributed by atoms with Crippen LogP contribution in [0.4, 0.5) is 11.4 Å². The molecule has 9 nitrogen and oxygen atoms in total. The molecule has 0 radical (unpaired) electrons. The number of carbonyl (C=O) groups is 1. The van der Waals surface area contributed by atoms with Gasteiger partial charge in [0.05, 0.1) is 10.6 Å². The number of rotatable bonds is 12. The molecule has 3 aromatic carbocycles. The van der Waals surface area contributed by atoms with Gasteiger partial charge in [0.25, 0.3) is 5.70 Å². The molecule has 2 unspecified atom stereocenters. The molecular formula is C40H41ClN6O3S2. The minimum atomic E-state index is -0.295. The fourth-order valence-corrected chi connectivity index (χ4v) is 8.88. The zero-order chi connectivity index (χ0) is 36.0. The van der Waals surface area contributed by atoms with Gasteiger partial charge in [-0.1, -0.05) is 48.0 Å². The zero-order valence-corrected chi connectivity index (χ0v) is 31.3. The molecule has 2 aliphatic carbocycles. The van der Waals surface area contributed by atoms with Crippen LogP contribution in [0.25, 0.3) is 16.8 Å². The van der Waals surface area contributed by atoms with Crippen molar-refractivity contribution >= 4 is 58.7 Å². The molecule has 0 spiro atoms. The maximum absolute atomic E-state index is 12.2. The molecule has 3 aliphatic rings. The van der Waals surface area contributed by atoms with Gasteiger partial charge in [-0.15, -0.1) is 0 Å². The molecule has 2 atom stereocenters. The van der Waals surface area contributed by atoms with Crippen molar-refractivity contribution < 1.29 is 9.72 Å². The number of carbonyl (C=O) groups excluding carboxylic acids is 1. The Morgan fingerprint density at radius 1 is 0.962 bits per heavy atom. The van der Waals surface area contributed by atoms with Crippen molar-refractivity contribution in [1.29, 1.82) is 0 Å². The smallest absolute Gasteiger partial charge is 0.261 e. The maximum Gasteiger partial charge on any atom is 0.261 e. The van der Waals surface area contributed by atoms with E-state index in [4.69, 9.17) is 11.6 Å². The summed E-state index contributed by atoms with van der Waals surface area (Å²) in [5, 5.41) is 12.6. The third-order valence-electron chi connectivity index (χ3n) is 9.84. The maximum atomic E-state index is 12.2. The summed E-state index contributed by atoms with van der Waals surface area (Å²) in [5.41, 5.74) is 9.23. The Balaban J connectivity index is 0.939. The average Bonchev–Trinajstić information content (AvgIpc) is 3.53. The van der Waals surface area contributed by atoms with Gasteiger partial charge in [0.1, 0.15) is 6.04 Å². The van der Waals surface area contributed by atoms with Crippen LogP contribution in [0.1, 0.15) is 47.3 Å². The molecule has 52 heavy (non-hydrogen) atoms. The van der Waals surface area contributed by atoms with Crippen molar-refractivity contribution in [3.8, 4) is 11.3 Å². The molecule has 0 saturated carbocycles. The second-order valence-electron chi connectivity index (χ2n) is 13.2. The number of aryl methyl sites for hydroxylation is 1. The van der Waals surface area contributed by atoms with E-state index in [-0.39, 0.29) is 21.9 Å². The van der Waals surface area contributed by atoms with Crippen LogP contribution < -0.4 is 14.3 Å². The van der Waals surface area contributed by atoms with E-state index in [2.05, 4.69) is 60.6 Å². The molecule has 268 valence electrons. The van der Waals surface area contributed by atoms with E-state index in [1.54, 1.807) is 6.08 Å². The van der Waals surface area contributed by atoms with Crippen molar-refractivity contribution in [2.45, 2.75) is 48.8 Å². The van der Waals surface area contributed by atoms with E-state index in [1.807, 2.05) is 61.5 Å².